The Hall–Kier alpha value is -3.57. The van der Waals surface area contributed by atoms with E-state index in [9.17, 15) is 9.59 Å². The molecule has 0 atom stereocenters. The molecule has 0 radical (unpaired) electrons. The molecule has 0 saturated heterocycles. The van der Waals surface area contributed by atoms with Crippen LogP contribution in [-0.2, 0) is 9.59 Å². The molecule has 0 fully saturated rings. The van der Waals surface area contributed by atoms with E-state index in [1.807, 2.05) is 60.7 Å². The predicted octanol–water partition coefficient (Wildman–Crippen LogP) is 5.29. The number of primary amides is 1. The van der Waals surface area contributed by atoms with E-state index < -0.39 is 5.91 Å². The molecular weight excluding hydrogens is 426 g/mol. The van der Waals surface area contributed by atoms with Crippen LogP contribution in [0.3, 0.4) is 0 Å². The minimum atomic E-state index is -0.508. The lowest BCUT2D eigenvalue weighted by Gasteiger charge is -2.13. The number of hydrogen-bond donors (Lipinski definition) is 1. The molecule has 3 rings (SSSR count). The summed E-state index contributed by atoms with van der Waals surface area (Å²) in [6.07, 6.45) is 1.60. The zero-order valence-corrected chi connectivity index (χ0v) is 18.7. The maximum absolute atomic E-state index is 12.5. The van der Waals surface area contributed by atoms with E-state index in [0.29, 0.717) is 22.1 Å². The van der Waals surface area contributed by atoms with Crippen LogP contribution in [0.25, 0.3) is 16.7 Å². The van der Waals surface area contributed by atoms with Crippen LogP contribution in [-0.4, -0.2) is 25.9 Å². The number of amides is 1. The molecule has 0 spiro atoms. The maximum atomic E-state index is 12.5. The van der Waals surface area contributed by atoms with E-state index in [1.54, 1.807) is 26.4 Å². The minimum absolute atomic E-state index is 0.00402. The molecule has 0 heterocycles. The van der Waals surface area contributed by atoms with E-state index in [-0.39, 0.29) is 18.6 Å². The normalized spacial score (nSPS) is 11.2. The summed E-state index contributed by atoms with van der Waals surface area (Å²) in [7, 11) is 3.13. The fourth-order valence-corrected chi connectivity index (χ4v) is 3.43. The number of ketones is 1. The number of halogens is 1. The Bertz CT molecular complexity index is 1140. The van der Waals surface area contributed by atoms with Gasteiger partial charge in [0, 0.05) is 17.9 Å². The summed E-state index contributed by atoms with van der Waals surface area (Å²) in [5.74, 6) is 0.453. The number of carbonyl (C=O) groups excluding carboxylic acids is 2. The van der Waals surface area contributed by atoms with Crippen molar-refractivity contribution in [3.05, 3.63) is 89.0 Å². The number of allylic oxidation sites excluding steroid dienone is 1. The second-order valence-electron chi connectivity index (χ2n) is 7.14. The highest BCUT2D eigenvalue weighted by Gasteiger charge is 2.13. The topological polar surface area (TPSA) is 78.6 Å². The molecule has 3 aromatic rings. The number of ether oxygens (including phenoxy) is 2. The molecule has 164 valence electrons. The number of methoxy groups -OCH3 is 2. The molecule has 2 N–H and O–H groups in total. The zero-order valence-electron chi connectivity index (χ0n) is 17.9. The second kappa shape index (κ2) is 10.6. The number of rotatable bonds is 9. The molecule has 0 aliphatic rings. The molecule has 0 unspecified atom stereocenters. The summed E-state index contributed by atoms with van der Waals surface area (Å²) in [4.78, 5) is 23.6. The number of nitrogens with two attached hydrogens (primary N) is 1. The third-order valence-corrected chi connectivity index (χ3v) is 5.24. The van der Waals surface area contributed by atoms with Gasteiger partial charge in [-0.1, -0.05) is 54.1 Å². The lowest BCUT2D eigenvalue weighted by Crippen LogP contribution is -2.12. The number of benzene rings is 3. The third-order valence-electron chi connectivity index (χ3n) is 4.99. The maximum Gasteiger partial charge on any atom is 0.217 e. The first-order valence-corrected chi connectivity index (χ1v) is 10.4. The molecule has 0 aliphatic carbocycles. The van der Waals surface area contributed by atoms with Gasteiger partial charge in [0.05, 0.1) is 14.2 Å². The first-order chi connectivity index (χ1) is 15.4. The largest absolute Gasteiger partial charge is 0.493 e. The molecular formula is C26H24ClNO4. The van der Waals surface area contributed by atoms with Crippen molar-refractivity contribution in [3.8, 4) is 22.6 Å². The van der Waals surface area contributed by atoms with Crippen molar-refractivity contribution in [1.29, 1.82) is 0 Å². The SMILES string of the molecule is COc1ccc(C(=CC(=O)CCC(N)=O)c2ccc(-c3ccc(Cl)cc3)cc2)cc1OC. The fourth-order valence-electron chi connectivity index (χ4n) is 3.30. The summed E-state index contributed by atoms with van der Waals surface area (Å²) in [6.45, 7) is 0. The third kappa shape index (κ3) is 5.77. The Morgan fingerprint density at radius 2 is 1.38 bits per heavy atom. The lowest BCUT2D eigenvalue weighted by molar-refractivity contribution is -0.121. The van der Waals surface area contributed by atoms with Crippen LogP contribution in [0.1, 0.15) is 24.0 Å². The van der Waals surface area contributed by atoms with Crippen molar-refractivity contribution >= 4 is 28.9 Å². The van der Waals surface area contributed by atoms with Crippen molar-refractivity contribution in [3.63, 3.8) is 0 Å². The molecule has 6 heteroatoms. The highest BCUT2D eigenvalue weighted by Crippen LogP contribution is 2.34. The average Bonchev–Trinajstić information content (AvgIpc) is 2.81. The monoisotopic (exact) mass is 449 g/mol. The molecule has 5 nitrogen and oxygen atoms in total. The van der Waals surface area contributed by atoms with E-state index in [0.717, 1.165) is 22.3 Å². The van der Waals surface area contributed by atoms with Gasteiger partial charge in [-0.2, -0.15) is 0 Å². The lowest BCUT2D eigenvalue weighted by atomic mass is 9.94. The van der Waals surface area contributed by atoms with Crippen LogP contribution in [0.15, 0.2) is 72.8 Å². The highest BCUT2D eigenvalue weighted by atomic mass is 35.5. The van der Waals surface area contributed by atoms with Crippen LogP contribution >= 0.6 is 11.6 Å². The molecule has 0 aliphatic heterocycles. The van der Waals surface area contributed by atoms with E-state index >= 15 is 0 Å². The van der Waals surface area contributed by atoms with Crippen molar-refractivity contribution < 1.29 is 19.1 Å². The van der Waals surface area contributed by atoms with Gasteiger partial charge in [-0.15, -0.1) is 0 Å². The molecule has 3 aromatic carbocycles. The quantitative estimate of drug-likeness (QED) is 0.450. The van der Waals surface area contributed by atoms with Gasteiger partial charge >= 0.3 is 0 Å². The summed E-state index contributed by atoms with van der Waals surface area (Å²) in [5.41, 5.74) is 9.60. The summed E-state index contributed by atoms with van der Waals surface area (Å²) in [6, 6.07) is 20.9. The average molecular weight is 450 g/mol. The van der Waals surface area contributed by atoms with Gasteiger partial charge < -0.3 is 15.2 Å². The summed E-state index contributed by atoms with van der Waals surface area (Å²) >= 11 is 5.99. The molecule has 0 bridgehead atoms. The van der Waals surface area contributed by atoms with Crippen molar-refractivity contribution in [2.45, 2.75) is 12.8 Å². The van der Waals surface area contributed by atoms with E-state index in [1.165, 1.54) is 0 Å². The van der Waals surface area contributed by atoms with Crippen molar-refractivity contribution in [2.75, 3.05) is 14.2 Å². The molecule has 0 aromatic heterocycles. The fraction of sp³-hybridized carbons (Fsp3) is 0.154. The Morgan fingerprint density at radius 1 is 0.812 bits per heavy atom. The first-order valence-electron chi connectivity index (χ1n) is 10.0. The van der Waals surface area contributed by atoms with Crippen LogP contribution < -0.4 is 15.2 Å². The number of hydrogen-bond acceptors (Lipinski definition) is 4. The van der Waals surface area contributed by atoms with Crippen LogP contribution in [0.2, 0.25) is 5.02 Å². The zero-order chi connectivity index (χ0) is 23.1. The summed E-state index contributed by atoms with van der Waals surface area (Å²) < 4.78 is 10.7. The molecule has 0 saturated carbocycles. The van der Waals surface area contributed by atoms with Crippen molar-refractivity contribution in [1.82, 2.24) is 0 Å². The Balaban J connectivity index is 2.01. The van der Waals surface area contributed by atoms with Gasteiger partial charge in [0.25, 0.3) is 0 Å². The second-order valence-corrected chi connectivity index (χ2v) is 7.58. The standard InChI is InChI=1S/C26H24ClNO4/c1-31-24-13-9-20(15-25(24)32-2)23(16-22(29)12-14-26(28)30)19-5-3-17(4-6-19)18-7-10-21(27)11-8-18/h3-11,13,15-16H,12,14H2,1-2H3,(H2,28,30). The Labute approximate surface area is 192 Å². The Morgan fingerprint density at radius 3 is 1.94 bits per heavy atom. The predicted molar refractivity (Wildman–Crippen MR) is 127 cm³/mol. The van der Waals surface area contributed by atoms with Gasteiger partial charge in [0.2, 0.25) is 5.91 Å². The van der Waals surface area contributed by atoms with Crippen LogP contribution in [0, 0.1) is 0 Å². The summed E-state index contributed by atoms with van der Waals surface area (Å²) in [5, 5.41) is 0.679. The van der Waals surface area contributed by atoms with Gasteiger partial charge in [-0.25, -0.2) is 0 Å². The smallest absolute Gasteiger partial charge is 0.217 e. The number of carbonyl (C=O) groups is 2. The van der Waals surface area contributed by atoms with E-state index in [2.05, 4.69) is 0 Å². The Kier molecular flexibility index (Phi) is 7.68. The minimum Gasteiger partial charge on any atom is -0.493 e. The molecule has 32 heavy (non-hydrogen) atoms. The van der Waals surface area contributed by atoms with Crippen LogP contribution in [0.5, 0.6) is 11.5 Å². The van der Waals surface area contributed by atoms with Crippen molar-refractivity contribution in [2.24, 2.45) is 5.73 Å². The van der Waals surface area contributed by atoms with Gasteiger partial charge in [-0.3, -0.25) is 9.59 Å². The molecule has 1 amide bonds. The van der Waals surface area contributed by atoms with Crippen LogP contribution in [0.4, 0.5) is 0 Å². The van der Waals surface area contributed by atoms with Gasteiger partial charge in [-0.05, 0) is 58.2 Å². The van der Waals surface area contributed by atoms with Gasteiger partial charge in [0.1, 0.15) is 0 Å². The first kappa shape index (κ1) is 23.1. The van der Waals surface area contributed by atoms with E-state index in [4.69, 9.17) is 26.8 Å². The van der Waals surface area contributed by atoms with Gasteiger partial charge in [0.15, 0.2) is 17.3 Å². The highest BCUT2D eigenvalue weighted by molar-refractivity contribution is 6.30.